The van der Waals surface area contributed by atoms with Gasteiger partial charge in [-0.25, -0.2) is 8.42 Å². The first-order valence-electron chi connectivity index (χ1n) is 9.11. The lowest BCUT2D eigenvalue weighted by molar-refractivity contribution is -0.122. The van der Waals surface area contributed by atoms with E-state index in [1.54, 1.807) is 19.1 Å². The van der Waals surface area contributed by atoms with Crippen LogP contribution in [-0.4, -0.2) is 37.8 Å². The zero-order chi connectivity index (χ0) is 20.3. The molecule has 0 saturated carbocycles. The van der Waals surface area contributed by atoms with Crippen molar-refractivity contribution >= 4 is 33.2 Å². The number of benzene rings is 2. The highest BCUT2D eigenvalue weighted by Crippen LogP contribution is 2.29. The third kappa shape index (κ3) is 4.66. The first kappa shape index (κ1) is 20.6. The van der Waals surface area contributed by atoms with Crippen LogP contribution in [0.1, 0.15) is 25.3 Å². The molecule has 1 fully saturated rings. The number of aryl methyl sites for hydroxylation is 1. The number of hydrogen-bond acceptors (Lipinski definition) is 4. The average Bonchev–Trinajstić information content (AvgIpc) is 3.18. The smallest absolute Gasteiger partial charge is 0.265 e. The Bertz CT molecular complexity index is 972. The molecule has 1 saturated heterocycles. The number of rotatable bonds is 6. The highest BCUT2D eigenvalue weighted by molar-refractivity contribution is 7.89. The molecule has 2 aromatic rings. The Balaban J connectivity index is 1.74. The van der Waals surface area contributed by atoms with Crippen molar-refractivity contribution in [2.24, 2.45) is 0 Å². The van der Waals surface area contributed by atoms with Gasteiger partial charge in [0.05, 0.1) is 5.02 Å². The van der Waals surface area contributed by atoms with Crippen LogP contribution in [0.5, 0.6) is 5.75 Å². The summed E-state index contributed by atoms with van der Waals surface area (Å²) < 4.78 is 32.7. The lowest BCUT2D eigenvalue weighted by atomic mass is 10.2. The van der Waals surface area contributed by atoms with Crippen molar-refractivity contribution in [3.8, 4) is 5.75 Å². The molecule has 150 valence electrons. The van der Waals surface area contributed by atoms with E-state index in [0.29, 0.717) is 24.5 Å². The van der Waals surface area contributed by atoms with Crippen molar-refractivity contribution in [1.29, 1.82) is 0 Å². The summed E-state index contributed by atoms with van der Waals surface area (Å²) in [6.07, 6.45) is 0.915. The van der Waals surface area contributed by atoms with Gasteiger partial charge >= 0.3 is 0 Å². The molecule has 6 nitrogen and oxygen atoms in total. The normalized spacial score (nSPS) is 16.0. The fourth-order valence-electron chi connectivity index (χ4n) is 3.04. The number of sulfonamides is 1. The predicted molar refractivity (Wildman–Crippen MR) is 109 cm³/mol. The fraction of sp³-hybridized carbons (Fsp3) is 0.350. The number of halogens is 1. The van der Waals surface area contributed by atoms with E-state index in [0.717, 1.165) is 18.4 Å². The molecular weight excluding hydrogens is 400 g/mol. The van der Waals surface area contributed by atoms with Gasteiger partial charge in [0.2, 0.25) is 10.0 Å². The first-order valence-corrected chi connectivity index (χ1v) is 10.9. The van der Waals surface area contributed by atoms with Crippen LogP contribution < -0.4 is 10.1 Å². The summed E-state index contributed by atoms with van der Waals surface area (Å²) >= 11 is 6.14. The Morgan fingerprint density at radius 2 is 1.89 bits per heavy atom. The van der Waals surface area contributed by atoms with Crippen LogP contribution in [0.25, 0.3) is 0 Å². The third-order valence-electron chi connectivity index (χ3n) is 4.55. The summed E-state index contributed by atoms with van der Waals surface area (Å²) in [7, 11) is -3.68. The minimum absolute atomic E-state index is 0.00104. The van der Waals surface area contributed by atoms with E-state index in [2.05, 4.69) is 5.32 Å². The van der Waals surface area contributed by atoms with Crippen LogP contribution in [0.2, 0.25) is 5.02 Å². The molecule has 1 aliphatic rings. The van der Waals surface area contributed by atoms with Gasteiger partial charge in [-0.05, 0) is 62.6 Å². The van der Waals surface area contributed by atoms with E-state index in [9.17, 15) is 13.2 Å². The Morgan fingerprint density at radius 1 is 1.18 bits per heavy atom. The lowest BCUT2D eigenvalue weighted by Crippen LogP contribution is -2.30. The van der Waals surface area contributed by atoms with Gasteiger partial charge in [0.1, 0.15) is 10.6 Å². The van der Waals surface area contributed by atoms with Crippen molar-refractivity contribution in [3.63, 3.8) is 0 Å². The molecule has 1 heterocycles. The first-order chi connectivity index (χ1) is 13.3. The van der Waals surface area contributed by atoms with Gasteiger partial charge in [-0.3, -0.25) is 4.79 Å². The number of hydrogen-bond donors (Lipinski definition) is 1. The summed E-state index contributed by atoms with van der Waals surface area (Å²) in [6.45, 7) is 4.54. The van der Waals surface area contributed by atoms with Gasteiger partial charge in [0.15, 0.2) is 6.10 Å². The molecule has 2 aromatic carbocycles. The summed E-state index contributed by atoms with van der Waals surface area (Å²) in [4.78, 5) is 12.5. The number of anilines is 1. The minimum Gasteiger partial charge on any atom is -0.481 e. The average molecular weight is 423 g/mol. The van der Waals surface area contributed by atoms with E-state index in [1.165, 1.54) is 16.4 Å². The second-order valence-electron chi connectivity index (χ2n) is 6.82. The van der Waals surface area contributed by atoms with E-state index in [-0.39, 0.29) is 15.8 Å². The maximum atomic E-state index is 12.8. The molecule has 0 spiro atoms. The third-order valence-corrected chi connectivity index (χ3v) is 6.93. The summed E-state index contributed by atoms with van der Waals surface area (Å²) in [5.41, 5.74) is 1.38. The van der Waals surface area contributed by atoms with E-state index < -0.39 is 16.1 Å². The maximum Gasteiger partial charge on any atom is 0.265 e. The largest absolute Gasteiger partial charge is 0.481 e. The van der Waals surface area contributed by atoms with Gasteiger partial charge in [0, 0.05) is 18.8 Å². The second-order valence-corrected chi connectivity index (χ2v) is 9.14. The van der Waals surface area contributed by atoms with Gasteiger partial charge in [-0.1, -0.05) is 23.7 Å². The maximum absolute atomic E-state index is 12.8. The van der Waals surface area contributed by atoms with Gasteiger partial charge in [0.25, 0.3) is 5.91 Å². The number of ether oxygens (including phenoxy) is 1. The van der Waals surface area contributed by atoms with Crippen LogP contribution >= 0.6 is 11.6 Å². The van der Waals surface area contributed by atoms with Crippen molar-refractivity contribution in [2.45, 2.75) is 37.7 Å². The molecule has 1 aliphatic heterocycles. The topological polar surface area (TPSA) is 75.7 Å². The molecule has 8 heteroatoms. The number of nitrogens with one attached hydrogen (secondary N) is 1. The Kier molecular flexibility index (Phi) is 6.27. The SMILES string of the molecule is Cc1cccc(OC(C)C(=O)Nc2ccc(Cl)c(S(=O)(=O)N3CCCC3)c2)c1. The molecule has 0 aliphatic carbocycles. The van der Waals surface area contributed by atoms with E-state index in [1.807, 2.05) is 25.1 Å². The highest BCUT2D eigenvalue weighted by atomic mass is 35.5. The van der Waals surface area contributed by atoms with Crippen LogP contribution in [0.3, 0.4) is 0 Å². The van der Waals surface area contributed by atoms with Crippen LogP contribution in [0.15, 0.2) is 47.4 Å². The monoisotopic (exact) mass is 422 g/mol. The van der Waals surface area contributed by atoms with Crippen LogP contribution in [0.4, 0.5) is 5.69 Å². The highest BCUT2D eigenvalue weighted by Gasteiger charge is 2.29. The molecule has 0 radical (unpaired) electrons. The Labute approximate surface area is 170 Å². The molecule has 1 N–H and O–H groups in total. The molecule has 1 unspecified atom stereocenters. The van der Waals surface area contributed by atoms with Gasteiger partial charge in [-0.15, -0.1) is 0 Å². The summed E-state index contributed by atoms with van der Waals surface area (Å²) in [5, 5.41) is 2.83. The number of amides is 1. The van der Waals surface area contributed by atoms with E-state index in [4.69, 9.17) is 16.3 Å². The van der Waals surface area contributed by atoms with Gasteiger partial charge in [-0.2, -0.15) is 4.31 Å². The molecular formula is C20H23ClN2O4S. The van der Waals surface area contributed by atoms with Gasteiger partial charge < -0.3 is 10.1 Å². The Hall–Kier alpha value is -2.09. The zero-order valence-corrected chi connectivity index (χ0v) is 17.4. The molecule has 1 amide bonds. The van der Waals surface area contributed by atoms with Crippen molar-refractivity contribution in [1.82, 2.24) is 4.31 Å². The van der Waals surface area contributed by atoms with Crippen molar-refractivity contribution in [3.05, 3.63) is 53.1 Å². The second kappa shape index (κ2) is 8.51. The van der Waals surface area contributed by atoms with Crippen LogP contribution in [0, 0.1) is 6.92 Å². The molecule has 3 rings (SSSR count). The quantitative estimate of drug-likeness (QED) is 0.767. The molecule has 1 atom stereocenters. The lowest BCUT2D eigenvalue weighted by Gasteiger charge is -2.18. The predicted octanol–water partition coefficient (Wildman–Crippen LogP) is 3.84. The number of nitrogens with zero attached hydrogens (tertiary/aromatic N) is 1. The van der Waals surface area contributed by atoms with Crippen molar-refractivity contribution in [2.75, 3.05) is 18.4 Å². The minimum atomic E-state index is -3.68. The Morgan fingerprint density at radius 3 is 2.57 bits per heavy atom. The molecule has 0 bridgehead atoms. The molecule has 0 aromatic heterocycles. The van der Waals surface area contributed by atoms with Crippen LogP contribution in [-0.2, 0) is 14.8 Å². The molecule has 28 heavy (non-hydrogen) atoms. The van der Waals surface area contributed by atoms with Crippen molar-refractivity contribution < 1.29 is 17.9 Å². The zero-order valence-electron chi connectivity index (χ0n) is 15.8. The number of carbonyl (C=O) groups is 1. The summed E-state index contributed by atoms with van der Waals surface area (Å²) in [5.74, 6) is 0.212. The number of carbonyl (C=O) groups excluding carboxylic acids is 1. The fourth-order valence-corrected chi connectivity index (χ4v) is 5.05. The standard InChI is InChI=1S/C20H23ClN2O4S/c1-14-6-5-7-17(12-14)27-15(2)20(24)22-16-8-9-18(21)19(13-16)28(25,26)23-10-3-4-11-23/h5-9,12-13,15H,3-4,10-11H2,1-2H3,(H,22,24). The summed E-state index contributed by atoms with van der Waals surface area (Å²) in [6, 6.07) is 11.9. The van der Waals surface area contributed by atoms with E-state index >= 15 is 0 Å².